The summed E-state index contributed by atoms with van der Waals surface area (Å²) in [5.41, 5.74) is 0.530. The smallest absolute Gasteiger partial charge is 0.272 e. The maximum absolute atomic E-state index is 12.5. The molecule has 1 fully saturated rings. The summed E-state index contributed by atoms with van der Waals surface area (Å²) in [4.78, 5) is 18.6. The monoisotopic (exact) mass is 262 g/mol. The van der Waals surface area contributed by atoms with Crippen LogP contribution in [0.15, 0.2) is 24.4 Å². The number of carbonyl (C=O) groups excluding carboxylic acids is 1. The Labute approximate surface area is 114 Å². The van der Waals surface area contributed by atoms with E-state index in [1.54, 1.807) is 12.3 Å². The van der Waals surface area contributed by atoms with Gasteiger partial charge >= 0.3 is 0 Å². The first-order valence-electron chi connectivity index (χ1n) is 6.95. The fourth-order valence-corrected chi connectivity index (χ4v) is 2.37. The molecule has 1 amide bonds. The van der Waals surface area contributed by atoms with E-state index in [1.165, 1.54) is 0 Å². The van der Waals surface area contributed by atoms with E-state index in [9.17, 15) is 4.79 Å². The molecule has 0 spiro atoms. The fourth-order valence-electron chi connectivity index (χ4n) is 2.37. The molecule has 1 atom stereocenters. The molecule has 0 aliphatic carbocycles. The van der Waals surface area contributed by atoms with Crippen LogP contribution in [0, 0.1) is 11.8 Å². The molecule has 1 aliphatic rings. The molecule has 1 saturated heterocycles. The van der Waals surface area contributed by atoms with Crippen LogP contribution in [-0.4, -0.2) is 42.1 Å². The van der Waals surface area contributed by atoms with Crippen molar-refractivity contribution in [1.82, 2.24) is 9.88 Å². The van der Waals surface area contributed by atoms with E-state index in [0.29, 0.717) is 17.5 Å². The summed E-state index contributed by atoms with van der Waals surface area (Å²) in [5.74, 6) is 0.947. The van der Waals surface area contributed by atoms with Gasteiger partial charge in [-0.05, 0) is 24.5 Å². The van der Waals surface area contributed by atoms with Crippen molar-refractivity contribution in [3.63, 3.8) is 0 Å². The normalized spacial score (nSPS) is 18.8. The molecule has 4 heteroatoms. The van der Waals surface area contributed by atoms with Gasteiger partial charge in [0.2, 0.25) is 0 Å². The summed E-state index contributed by atoms with van der Waals surface area (Å²) in [5, 5.41) is 0. The van der Waals surface area contributed by atoms with Crippen molar-refractivity contribution < 1.29 is 9.53 Å². The van der Waals surface area contributed by atoms with Crippen LogP contribution in [0.4, 0.5) is 0 Å². The first kappa shape index (κ1) is 14.0. The van der Waals surface area contributed by atoms with Crippen LogP contribution in [0.1, 0.15) is 30.8 Å². The highest BCUT2D eigenvalue weighted by atomic mass is 16.5. The topological polar surface area (TPSA) is 42.4 Å². The van der Waals surface area contributed by atoms with Crippen molar-refractivity contribution in [1.29, 1.82) is 0 Å². The quantitative estimate of drug-likeness (QED) is 0.817. The Morgan fingerprint density at radius 2 is 2.37 bits per heavy atom. The number of carbonyl (C=O) groups is 1. The summed E-state index contributed by atoms with van der Waals surface area (Å²) in [7, 11) is 0. The van der Waals surface area contributed by atoms with Gasteiger partial charge < -0.3 is 9.64 Å². The molecule has 0 bridgehead atoms. The van der Waals surface area contributed by atoms with E-state index in [-0.39, 0.29) is 5.91 Å². The Balaban J connectivity index is 2.05. The van der Waals surface area contributed by atoms with Crippen LogP contribution in [-0.2, 0) is 4.74 Å². The van der Waals surface area contributed by atoms with Gasteiger partial charge in [-0.15, -0.1) is 0 Å². The zero-order valence-electron chi connectivity index (χ0n) is 11.7. The average molecular weight is 262 g/mol. The molecule has 1 unspecified atom stereocenters. The first-order valence-corrected chi connectivity index (χ1v) is 6.95. The van der Waals surface area contributed by atoms with Crippen LogP contribution < -0.4 is 0 Å². The number of nitrogens with zero attached hydrogens (tertiary/aromatic N) is 2. The number of amides is 1. The van der Waals surface area contributed by atoms with Gasteiger partial charge in [-0.2, -0.15) is 0 Å². The summed E-state index contributed by atoms with van der Waals surface area (Å²) < 4.78 is 5.39. The van der Waals surface area contributed by atoms with E-state index in [4.69, 9.17) is 4.74 Å². The SMILES string of the molecule is CC(C)CN(CC1CCOC1)C(=O)c1ccccn1. The number of rotatable bonds is 5. The molecular formula is C15H22N2O2. The zero-order valence-corrected chi connectivity index (χ0v) is 11.7. The van der Waals surface area contributed by atoms with Gasteiger partial charge in [0.1, 0.15) is 5.69 Å². The van der Waals surface area contributed by atoms with Crippen molar-refractivity contribution in [2.45, 2.75) is 20.3 Å². The van der Waals surface area contributed by atoms with Gasteiger partial charge in [-0.1, -0.05) is 19.9 Å². The standard InChI is InChI=1S/C15H22N2O2/c1-12(2)9-17(10-13-6-8-19-11-13)15(18)14-5-3-4-7-16-14/h3-5,7,12-13H,6,8-11H2,1-2H3. The first-order chi connectivity index (χ1) is 9.16. The molecule has 0 N–H and O–H groups in total. The highest BCUT2D eigenvalue weighted by Crippen LogP contribution is 2.16. The predicted octanol–water partition coefficient (Wildman–Crippen LogP) is 2.22. The maximum Gasteiger partial charge on any atom is 0.272 e. The number of pyridine rings is 1. The second kappa shape index (κ2) is 6.66. The van der Waals surface area contributed by atoms with Crippen molar-refractivity contribution in [3.8, 4) is 0 Å². The van der Waals surface area contributed by atoms with E-state index in [0.717, 1.165) is 32.7 Å². The third kappa shape index (κ3) is 4.03. The lowest BCUT2D eigenvalue weighted by Crippen LogP contribution is -2.38. The van der Waals surface area contributed by atoms with E-state index >= 15 is 0 Å². The molecule has 0 aromatic carbocycles. The Morgan fingerprint density at radius 1 is 1.53 bits per heavy atom. The summed E-state index contributed by atoms with van der Waals surface area (Å²) in [6, 6.07) is 5.46. The Morgan fingerprint density at radius 3 is 2.95 bits per heavy atom. The van der Waals surface area contributed by atoms with Crippen LogP contribution in [0.2, 0.25) is 0 Å². The molecule has 1 aliphatic heterocycles. The third-order valence-electron chi connectivity index (χ3n) is 3.26. The van der Waals surface area contributed by atoms with Gasteiger partial charge in [0, 0.05) is 31.8 Å². The number of hydrogen-bond donors (Lipinski definition) is 0. The van der Waals surface area contributed by atoms with E-state index < -0.39 is 0 Å². The van der Waals surface area contributed by atoms with Crippen molar-refractivity contribution >= 4 is 5.91 Å². The highest BCUT2D eigenvalue weighted by molar-refractivity contribution is 5.92. The highest BCUT2D eigenvalue weighted by Gasteiger charge is 2.24. The molecule has 2 heterocycles. The minimum Gasteiger partial charge on any atom is -0.381 e. The van der Waals surface area contributed by atoms with Gasteiger partial charge in [-0.3, -0.25) is 9.78 Å². The Hall–Kier alpha value is -1.42. The summed E-state index contributed by atoms with van der Waals surface area (Å²) >= 11 is 0. The maximum atomic E-state index is 12.5. The molecular weight excluding hydrogens is 240 g/mol. The fraction of sp³-hybridized carbons (Fsp3) is 0.600. The molecule has 19 heavy (non-hydrogen) atoms. The van der Waals surface area contributed by atoms with E-state index in [1.807, 2.05) is 17.0 Å². The molecule has 2 rings (SSSR count). The van der Waals surface area contributed by atoms with Crippen LogP contribution in [0.3, 0.4) is 0 Å². The van der Waals surface area contributed by atoms with E-state index in [2.05, 4.69) is 18.8 Å². The van der Waals surface area contributed by atoms with Crippen LogP contribution >= 0.6 is 0 Å². The Kier molecular flexibility index (Phi) is 4.91. The van der Waals surface area contributed by atoms with Crippen molar-refractivity contribution in [2.24, 2.45) is 11.8 Å². The van der Waals surface area contributed by atoms with Gasteiger partial charge in [-0.25, -0.2) is 0 Å². The second-order valence-electron chi connectivity index (χ2n) is 5.55. The average Bonchev–Trinajstić information content (AvgIpc) is 2.90. The van der Waals surface area contributed by atoms with Gasteiger partial charge in [0.25, 0.3) is 5.91 Å². The lowest BCUT2D eigenvalue weighted by atomic mass is 10.1. The second-order valence-corrected chi connectivity index (χ2v) is 5.55. The molecule has 4 nitrogen and oxygen atoms in total. The molecule has 1 aromatic rings. The van der Waals surface area contributed by atoms with Crippen molar-refractivity contribution in [3.05, 3.63) is 30.1 Å². The number of aromatic nitrogens is 1. The zero-order chi connectivity index (χ0) is 13.7. The number of ether oxygens (including phenoxy) is 1. The van der Waals surface area contributed by atoms with Gasteiger partial charge in [0.05, 0.1) is 6.61 Å². The summed E-state index contributed by atoms with van der Waals surface area (Å²) in [6.07, 6.45) is 2.71. The summed E-state index contributed by atoms with van der Waals surface area (Å²) in [6.45, 7) is 7.38. The minimum absolute atomic E-state index is 0.0289. The largest absolute Gasteiger partial charge is 0.381 e. The lowest BCUT2D eigenvalue weighted by molar-refractivity contribution is 0.0692. The molecule has 104 valence electrons. The molecule has 1 aromatic heterocycles. The van der Waals surface area contributed by atoms with Crippen LogP contribution in [0.5, 0.6) is 0 Å². The lowest BCUT2D eigenvalue weighted by Gasteiger charge is -2.26. The number of hydrogen-bond acceptors (Lipinski definition) is 3. The van der Waals surface area contributed by atoms with Crippen molar-refractivity contribution in [2.75, 3.05) is 26.3 Å². The van der Waals surface area contributed by atoms with Gasteiger partial charge in [0.15, 0.2) is 0 Å². The van der Waals surface area contributed by atoms with Crippen LogP contribution in [0.25, 0.3) is 0 Å². The third-order valence-corrected chi connectivity index (χ3v) is 3.26. The Bertz CT molecular complexity index is 400. The molecule has 0 saturated carbocycles. The minimum atomic E-state index is 0.0289. The molecule has 0 radical (unpaired) electrons. The predicted molar refractivity (Wildman–Crippen MR) is 73.9 cm³/mol.